The molecular formula is C8H3BrClIN2S. The van der Waals surface area contributed by atoms with Crippen LogP contribution in [0.4, 0.5) is 0 Å². The van der Waals surface area contributed by atoms with Gasteiger partial charge >= 0.3 is 0 Å². The van der Waals surface area contributed by atoms with Crippen molar-refractivity contribution in [3.05, 3.63) is 30.7 Å². The molecule has 0 fully saturated rings. The van der Waals surface area contributed by atoms with Crippen molar-refractivity contribution in [1.29, 1.82) is 0 Å². The third-order valence-corrected chi connectivity index (χ3v) is 4.05. The summed E-state index contributed by atoms with van der Waals surface area (Å²) in [6, 6.07) is 6.03. The van der Waals surface area contributed by atoms with Crippen molar-refractivity contribution in [2.75, 3.05) is 0 Å². The molecule has 1 aromatic heterocycles. The summed E-state index contributed by atoms with van der Waals surface area (Å²) in [7, 11) is 0. The number of aromatic nitrogens is 2. The van der Waals surface area contributed by atoms with Gasteiger partial charge in [-0.3, -0.25) is 0 Å². The molecule has 1 aromatic carbocycles. The lowest BCUT2D eigenvalue weighted by molar-refractivity contribution is 1.09. The van der Waals surface area contributed by atoms with Crippen LogP contribution in [0.25, 0.3) is 10.6 Å². The topological polar surface area (TPSA) is 25.8 Å². The number of rotatable bonds is 1. The van der Waals surface area contributed by atoms with Gasteiger partial charge in [0.05, 0.1) is 0 Å². The first kappa shape index (κ1) is 10.8. The Balaban J connectivity index is 2.55. The lowest BCUT2D eigenvalue weighted by atomic mass is 10.2. The van der Waals surface area contributed by atoms with E-state index in [1.54, 1.807) is 0 Å². The van der Waals surface area contributed by atoms with E-state index in [0.717, 1.165) is 18.6 Å². The summed E-state index contributed by atoms with van der Waals surface area (Å²) in [5.74, 6) is 0. The van der Waals surface area contributed by atoms with Crippen molar-refractivity contribution >= 4 is 61.5 Å². The second kappa shape index (κ2) is 4.42. The molecule has 0 aliphatic heterocycles. The first-order valence-corrected chi connectivity index (χ1v) is 6.68. The second-order valence-electron chi connectivity index (χ2n) is 2.48. The smallest absolute Gasteiger partial charge is 0.137 e. The first-order chi connectivity index (χ1) is 6.66. The van der Waals surface area contributed by atoms with Gasteiger partial charge in [-0.2, -0.15) is 0 Å². The van der Waals surface area contributed by atoms with Gasteiger partial charge in [0.2, 0.25) is 4.47 Å². The predicted octanol–water partition coefficient (Wildman–Crippen LogP) is 4.23. The highest BCUT2D eigenvalue weighted by Gasteiger charge is 2.08. The van der Waals surface area contributed by atoms with Crippen LogP contribution in [0.15, 0.2) is 22.7 Å². The number of hydrogen-bond donors (Lipinski definition) is 0. The average Bonchev–Trinajstić information content (AvgIpc) is 2.56. The summed E-state index contributed by atoms with van der Waals surface area (Å²) in [4.78, 5) is 0. The normalized spacial score (nSPS) is 10.5. The van der Waals surface area contributed by atoms with Crippen LogP contribution in [-0.4, -0.2) is 10.2 Å². The summed E-state index contributed by atoms with van der Waals surface area (Å²) in [5.41, 5.74) is 1.06. The standard InChI is InChI=1S/C8H3BrClIN2S/c9-4-1-2-6(11)5(3-4)7-12-13-8(10)14-7/h1-3H. The maximum Gasteiger partial charge on any atom is 0.207 e. The number of halogens is 3. The summed E-state index contributed by atoms with van der Waals surface area (Å²) in [6.45, 7) is 0. The van der Waals surface area contributed by atoms with Crippen LogP contribution in [0, 0.1) is 3.57 Å². The van der Waals surface area contributed by atoms with Crippen molar-refractivity contribution < 1.29 is 0 Å². The van der Waals surface area contributed by atoms with Gasteiger partial charge in [-0.1, -0.05) is 27.3 Å². The van der Waals surface area contributed by atoms with E-state index in [9.17, 15) is 0 Å². The zero-order valence-corrected chi connectivity index (χ0v) is 12.0. The molecule has 0 radical (unpaired) electrons. The zero-order chi connectivity index (χ0) is 10.1. The molecule has 2 aromatic rings. The van der Waals surface area contributed by atoms with E-state index < -0.39 is 0 Å². The number of hydrogen-bond acceptors (Lipinski definition) is 3. The molecular weight excluding hydrogens is 398 g/mol. The highest BCUT2D eigenvalue weighted by Crippen LogP contribution is 2.31. The molecule has 72 valence electrons. The molecule has 0 saturated heterocycles. The first-order valence-electron chi connectivity index (χ1n) is 3.61. The van der Waals surface area contributed by atoms with Crippen LogP contribution in [0.5, 0.6) is 0 Å². The molecule has 0 spiro atoms. The molecule has 2 nitrogen and oxygen atoms in total. The highest BCUT2D eigenvalue weighted by molar-refractivity contribution is 14.1. The van der Waals surface area contributed by atoms with Crippen LogP contribution in [0.1, 0.15) is 0 Å². The van der Waals surface area contributed by atoms with E-state index in [4.69, 9.17) is 11.6 Å². The van der Waals surface area contributed by atoms with Gasteiger partial charge in [0.25, 0.3) is 0 Å². The van der Waals surface area contributed by atoms with Crippen molar-refractivity contribution in [2.24, 2.45) is 0 Å². The summed E-state index contributed by atoms with van der Waals surface area (Å²) >= 11 is 12.8. The minimum absolute atomic E-state index is 0.468. The predicted molar refractivity (Wildman–Crippen MR) is 70.8 cm³/mol. The Hall–Kier alpha value is 0.280. The lowest BCUT2D eigenvalue weighted by Crippen LogP contribution is -1.82. The molecule has 0 aliphatic carbocycles. The van der Waals surface area contributed by atoms with Crippen LogP contribution < -0.4 is 0 Å². The Morgan fingerprint density at radius 3 is 2.79 bits per heavy atom. The van der Waals surface area contributed by atoms with Crippen LogP contribution in [0.2, 0.25) is 4.47 Å². The van der Waals surface area contributed by atoms with Gasteiger partial charge in [-0.25, -0.2) is 0 Å². The van der Waals surface area contributed by atoms with Gasteiger partial charge in [-0.05, 0) is 52.4 Å². The Labute approximate surface area is 112 Å². The quantitative estimate of drug-likeness (QED) is 0.669. The van der Waals surface area contributed by atoms with Crippen molar-refractivity contribution in [2.45, 2.75) is 0 Å². The monoisotopic (exact) mass is 400 g/mol. The van der Waals surface area contributed by atoms with Crippen molar-refractivity contribution in [1.82, 2.24) is 10.2 Å². The Morgan fingerprint density at radius 2 is 2.14 bits per heavy atom. The second-order valence-corrected chi connectivity index (χ2v) is 6.12. The van der Waals surface area contributed by atoms with E-state index in [1.165, 1.54) is 11.3 Å². The Bertz CT molecular complexity index is 474. The van der Waals surface area contributed by atoms with Crippen LogP contribution >= 0.6 is 61.5 Å². The maximum atomic E-state index is 5.73. The lowest BCUT2D eigenvalue weighted by Gasteiger charge is -1.99. The van der Waals surface area contributed by atoms with E-state index >= 15 is 0 Å². The molecule has 0 saturated carbocycles. The summed E-state index contributed by atoms with van der Waals surface area (Å²) in [5, 5.41) is 8.63. The van der Waals surface area contributed by atoms with E-state index in [-0.39, 0.29) is 0 Å². The Morgan fingerprint density at radius 1 is 1.36 bits per heavy atom. The third kappa shape index (κ3) is 2.26. The van der Waals surface area contributed by atoms with Crippen molar-refractivity contribution in [3.8, 4) is 10.6 Å². The molecule has 0 N–H and O–H groups in total. The number of benzene rings is 1. The molecule has 6 heteroatoms. The zero-order valence-electron chi connectivity index (χ0n) is 6.67. The fourth-order valence-electron chi connectivity index (χ4n) is 0.976. The minimum Gasteiger partial charge on any atom is -0.137 e. The van der Waals surface area contributed by atoms with Crippen molar-refractivity contribution in [3.63, 3.8) is 0 Å². The molecule has 2 rings (SSSR count). The molecule has 0 atom stereocenters. The largest absolute Gasteiger partial charge is 0.207 e. The molecule has 0 aliphatic rings. The van der Waals surface area contributed by atoms with Gasteiger partial charge in [-0.15, -0.1) is 10.2 Å². The summed E-state index contributed by atoms with van der Waals surface area (Å²) in [6.07, 6.45) is 0. The average molecular weight is 401 g/mol. The molecule has 14 heavy (non-hydrogen) atoms. The molecule has 1 heterocycles. The molecule has 0 unspecified atom stereocenters. The highest BCUT2D eigenvalue weighted by atomic mass is 127. The fourth-order valence-corrected chi connectivity index (χ4v) is 2.97. The van der Waals surface area contributed by atoms with Gasteiger partial charge in [0, 0.05) is 13.6 Å². The SMILES string of the molecule is Clc1nnc(-c2cc(Br)ccc2I)s1. The van der Waals surface area contributed by atoms with E-state index in [1.807, 2.05) is 18.2 Å². The maximum absolute atomic E-state index is 5.73. The van der Waals surface area contributed by atoms with Crippen LogP contribution in [-0.2, 0) is 0 Å². The van der Waals surface area contributed by atoms with E-state index in [2.05, 4.69) is 48.7 Å². The Kier molecular flexibility index (Phi) is 3.41. The minimum atomic E-state index is 0.468. The molecule has 0 bridgehead atoms. The molecule has 0 amide bonds. The third-order valence-electron chi connectivity index (χ3n) is 1.56. The number of nitrogens with zero attached hydrogens (tertiary/aromatic N) is 2. The summed E-state index contributed by atoms with van der Waals surface area (Å²) < 4.78 is 2.63. The van der Waals surface area contributed by atoms with Gasteiger partial charge < -0.3 is 0 Å². The van der Waals surface area contributed by atoms with Gasteiger partial charge in [0.1, 0.15) is 5.01 Å². The fraction of sp³-hybridized carbons (Fsp3) is 0. The van der Waals surface area contributed by atoms with Gasteiger partial charge in [0.15, 0.2) is 0 Å². The van der Waals surface area contributed by atoms with E-state index in [0.29, 0.717) is 4.47 Å². The van der Waals surface area contributed by atoms with Crippen LogP contribution in [0.3, 0.4) is 0 Å².